The topological polar surface area (TPSA) is 63.8 Å². The number of nitrogens with zero attached hydrogens (tertiary/aromatic N) is 2. The Morgan fingerprint density at radius 2 is 2.24 bits per heavy atom. The van der Waals surface area contributed by atoms with Crippen LogP contribution in [-0.2, 0) is 6.42 Å². The predicted octanol–water partition coefficient (Wildman–Crippen LogP) is 1.53. The minimum Gasteiger partial charge on any atom is -0.271 e. The molecule has 88 valence electrons. The van der Waals surface area contributed by atoms with Crippen LogP contribution in [0.2, 0.25) is 0 Å². The third kappa shape index (κ3) is 3.09. The molecule has 2 aromatic rings. The number of hydrogen-bond donors (Lipinski definition) is 2. The van der Waals surface area contributed by atoms with Crippen molar-refractivity contribution in [3.8, 4) is 0 Å². The first kappa shape index (κ1) is 11.7. The van der Waals surface area contributed by atoms with Crippen LogP contribution in [-0.4, -0.2) is 9.97 Å². The van der Waals surface area contributed by atoms with Crippen LogP contribution in [0.5, 0.6) is 0 Å². The fourth-order valence-corrected chi connectivity index (χ4v) is 1.77. The van der Waals surface area contributed by atoms with Crippen molar-refractivity contribution < 1.29 is 0 Å². The lowest BCUT2D eigenvalue weighted by molar-refractivity contribution is 0.544. The van der Waals surface area contributed by atoms with Crippen LogP contribution in [0.25, 0.3) is 0 Å². The molecule has 2 rings (SSSR count). The zero-order valence-corrected chi connectivity index (χ0v) is 9.80. The SMILES string of the molecule is Cc1cncc(C(Cc2ccccn2)NN)c1. The Morgan fingerprint density at radius 3 is 2.88 bits per heavy atom. The van der Waals surface area contributed by atoms with Gasteiger partial charge in [0, 0.05) is 30.7 Å². The zero-order chi connectivity index (χ0) is 12.1. The molecule has 0 amide bonds. The van der Waals surface area contributed by atoms with E-state index in [0.29, 0.717) is 0 Å². The molecule has 0 aliphatic rings. The maximum absolute atomic E-state index is 5.60. The Morgan fingerprint density at radius 1 is 1.35 bits per heavy atom. The summed E-state index contributed by atoms with van der Waals surface area (Å²) in [5.74, 6) is 5.60. The Hall–Kier alpha value is -1.78. The van der Waals surface area contributed by atoms with Crippen molar-refractivity contribution in [3.05, 3.63) is 59.7 Å². The number of rotatable bonds is 4. The van der Waals surface area contributed by atoms with E-state index in [0.717, 1.165) is 23.2 Å². The molecule has 0 saturated heterocycles. The molecular weight excluding hydrogens is 212 g/mol. The molecule has 0 bridgehead atoms. The lowest BCUT2D eigenvalue weighted by Gasteiger charge is -2.15. The van der Waals surface area contributed by atoms with Gasteiger partial charge in [0.05, 0.1) is 6.04 Å². The summed E-state index contributed by atoms with van der Waals surface area (Å²) in [5.41, 5.74) is 6.04. The number of aryl methyl sites for hydroxylation is 1. The van der Waals surface area contributed by atoms with Crippen LogP contribution in [0.3, 0.4) is 0 Å². The first-order valence-corrected chi connectivity index (χ1v) is 5.57. The maximum atomic E-state index is 5.60. The molecule has 2 aromatic heterocycles. The van der Waals surface area contributed by atoms with Crippen LogP contribution < -0.4 is 11.3 Å². The van der Waals surface area contributed by atoms with Crippen LogP contribution in [0.15, 0.2) is 42.9 Å². The summed E-state index contributed by atoms with van der Waals surface area (Å²) in [6, 6.07) is 8.00. The van der Waals surface area contributed by atoms with Crippen LogP contribution >= 0.6 is 0 Å². The van der Waals surface area contributed by atoms with Crippen LogP contribution in [0, 0.1) is 6.92 Å². The highest BCUT2D eigenvalue weighted by atomic mass is 15.2. The smallest absolute Gasteiger partial charge is 0.0530 e. The summed E-state index contributed by atoms with van der Waals surface area (Å²) in [5, 5.41) is 0. The lowest BCUT2D eigenvalue weighted by atomic mass is 10.0. The number of hydrogen-bond acceptors (Lipinski definition) is 4. The average Bonchev–Trinajstić information content (AvgIpc) is 2.37. The van der Waals surface area contributed by atoms with E-state index in [4.69, 9.17) is 5.84 Å². The van der Waals surface area contributed by atoms with Crippen molar-refractivity contribution in [1.82, 2.24) is 15.4 Å². The summed E-state index contributed by atoms with van der Waals surface area (Å²) >= 11 is 0. The quantitative estimate of drug-likeness (QED) is 0.615. The number of nitrogens with one attached hydrogen (secondary N) is 1. The zero-order valence-electron chi connectivity index (χ0n) is 9.80. The van der Waals surface area contributed by atoms with Gasteiger partial charge in [0.25, 0.3) is 0 Å². The third-order valence-corrected chi connectivity index (χ3v) is 2.64. The molecule has 0 aromatic carbocycles. The van der Waals surface area contributed by atoms with Gasteiger partial charge < -0.3 is 0 Å². The molecule has 1 atom stereocenters. The van der Waals surface area contributed by atoms with Gasteiger partial charge in [0.2, 0.25) is 0 Å². The van der Waals surface area contributed by atoms with E-state index < -0.39 is 0 Å². The average molecular weight is 228 g/mol. The summed E-state index contributed by atoms with van der Waals surface area (Å²) < 4.78 is 0. The van der Waals surface area contributed by atoms with Gasteiger partial charge in [-0.1, -0.05) is 12.1 Å². The van der Waals surface area contributed by atoms with Crippen LogP contribution in [0.1, 0.15) is 22.9 Å². The minimum absolute atomic E-state index is 0.0392. The van der Waals surface area contributed by atoms with E-state index in [9.17, 15) is 0 Å². The minimum atomic E-state index is 0.0392. The molecule has 4 heteroatoms. The highest BCUT2D eigenvalue weighted by Crippen LogP contribution is 2.16. The Kier molecular flexibility index (Phi) is 3.80. The van der Waals surface area contributed by atoms with Crippen molar-refractivity contribution in [2.75, 3.05) is 0 Å². The van der Waals surface area contributed by atoms with Crippen LogP contribution in [0.4, 0.5) is 0 Å². The second-order valence-corrected chi connectivity index (χ2v) is 4.04. The second-order valence-electron chi connectivity index (χ2n) is 4.04. The fourth-order valence-electron chi connectivity index (χ4n) is 1.77. The van der Waals surface area contributed by atoms with Gasteiger partial charge in [-0.25, -0.2) is 0 Å². The van der Waals surface area contributed by atoms with E-state index >= 15 is 0 Å². The first-order valence-electron chi connectivity index (χ1n) is 5.57. The van der Waals surface area contributed by atoms with E-state index in [-0.39, 0.29) is 6.04 Å². The van der Waals surface area contributed by atoms with Crippen molar-refractivity contribution >= 4 is 0 Å². The van der Waals surface area contributed by atoms with Gasteiger partial charge in [-0.15, -0.1) is 0 Å². The summed E-state index contributed by atoms with van der Waals surface area (Å²) in [4.78, 5) is 8.48. The molecule has 3 N–H and O–H groups in total. The number of nitrogens with two attached hydrogens (primary N) is 1. The van der Waals surface area contributed by atoms with Gasteiger partial charge in [-0.05, 0) is 30.2 Å². The van der Waals surface area contributed by atoms with Gasteiger partial charge in [-0.3, -0.25) is 21.2 Å². The maximum Gasteiger partial charge on any atom is 0.0530 e. The Labute approximate surface area is 101 Å². The molecule has 4 nitrogen and oxygen atoms in total. The highest BCUT2D eigenvalue weighted by Gasteiger charge is 2.11. The first-order chi connectivity index (χ1) is 8.29. The molecule has 2 heterocycles. The van der Waals surface area contributed by atoms with Gasteiger partial charge >= 0.3 is 0 Å². The summed E-state index contributed by atoms with van der Waals surface area (Å²) in [6.07, 6.45) is 6.21. The molecule has 17 heavy (non-hydrogen) atoms. The predicted molar refractivity (Wildman–Crippen MR) is 67.0 cm³/mol. The molecule has 1 unspecified atom stereocenters. The molecular formula is C13H16N4. The molecule has 0 radical (unpaired) electrons. The Bertz CT molecular complexity index is 470. The van der Waals surface area contributed by atoms with Crippen molar-refractivity contribution in [2.24, 2.45) is 5.84 Å². The second kappa shape index (κ2) is 5.52. The molecule has 0 aliphatic heterocycles. The lowest BCUT2D eigenvalue weighted by Crippen LogP contribution is -2.30. The summed E-state index contributed by atoms with van der Waals surface area (Å²) in [7, 11) is 0. The van der Waals surface area contributed by atoms with E-state index in [1.165, 1.54) is 0 Å². The normalized spacial score (nSPS) is 12.4. The van der Waals surface area contributed by atoms with Gasteiger partial charge in [-0.2, -0.15) is 0 Å². The number of hydrazine groups is 1. The highest BCUT2D eigenvalue weighted by molar-refractivity contribution is 5.21. The van der Waals surface area contributed by atoms with E-state index in [1.54, 1.807) is 6.20 Å². The van der Waals surface area contributed by atoms with E-state index in [1.807, 2.05) is 37.5 Å². The van der Waals surface area contributed by atoms with Gasteiger partial charge in [0.1, 0.15) is 0 Å². The number of pyridine rings is 2. The van der Waals surface area contributed by atoms with Crippen molar-refractivity contribution in [3.63, 3.8) is 0 Å². The fraction of sp³-hybridized carbons (Fsp3) is 0.231. The van der Waals surface area contributed by atoms with Crippen molar-refractivity contribution in [1.29, 1.82) is 0 Å². The Balaban J connectivity index is 2.17. The van der Waals surface area contributed by atoms with Gasteiger partial charge in [0.15, 0.2) is 0 Å². The van der Waals surface area contributed by atoms with Crippen molar-refractivity contribution in [2.45, 2.75) is 19.4 Å². The molecule has 0 saturated carbocycles. The molecule has 0 aliphatic carbocycles. The number of aromatic nitrogens is 2. The third-order valence-electron chi connectivity index (χ3n) is 2.64. The monoisotopic (exact) mass is 228 g/mol. The standard InChI is InChI=1S/C13H16N4/c1-10-6-11(9-15-8-10)13(17-14)7-12-4-2-3-5-16-12/h2-6,8-9,13,17H,7,14H2,1H3. The summed E-state index contributed by atoms with van der Waals surface area (Å²) in [6.45, 7) is 2.02. The van der Waals surface area contributed by atoms with E-state index in [2.05, 4.69) is 21.5 Å². The molecule has 0 fully saturated rings. The molecule has 0 spiro atoms. The largest absolute Gasteiger partial charge is 0.271 e.